The number of aryl methyl sites for hydroxylation is 1. The Hall–Kier alpha value is -1.44. The molecule has 1 aromatic rings. The van der Waals surface area contributed by atoms with Gasteiger partial charge in [0.2, 0.25) is 15.9 Å². The second-order valence-corrected chi connectivity index (χ2v) is 8.49. The van der Waals surface area contributed by atoms with Crippen LogP contribution in [0.15, 0.2) is 23.1 Å². The first-order valence-electron chi connectivity index (χ1n) is 8.40. The molecule has 1 aromatic carbocycles. The molecule has 0 bridgehead atoms. The van der Waals surface area contributed by atoms with E-state index in [1.807, 2.05) is 0 Å². The Morgan fingerprint density at radius 1 is 1.21 bits per heavy atom. The van der Waals surface area contributed by atoms with Crippen molar-refractivity contribution in [3.8, 4) is 0 Å². The number of nitrogens with zero attached hydrogens (tertiary/aromatic N) is 1. The lowest BCUT2D eigenvalue weighted by atomic mass is 10.0. The van der Waals surface area contributed by atoms with Gasteiger partial charge >= 0.3 is 0 Å². The van der Waals surface area contributed by atoms with Crippen LogP contribution >= 0.6 is 0 Å². The highest BCUT2D eigenvalue weighted by atomic mass is 32.2. The number of anilines is 1. The average Bonchev–Trinajstić information content (AvgIpc) is 2.56. The van der Waals surface area contributed by atoms with Crippen LogP contribution < -0.4 is 11.1 Å². The molecule has 1 saturated heterocycles. The van der Waals surface area contributed by atoms with Gasteiger partial charge < -0.3 is 11.1 Å². The fourth-order valence-electron chi connectivity index (χ4n) is 2.69. The van der Waals surface area contributed by atoms with Gasteiger partial charge in [-0.25, -0.2) is 8.42 Å². The fourth-order valence-corrected chi connectivity index (χ4v) is 4.46. The van der Waals surface area contributed by atoms with E-state index in [0.717, 1.165) is 19.3 Å². The minimum absolute atomic E-state index is 0.213. The van der Waals surface area contributed by atoms with Gasteiger partial charge in [-0.05, 0) is 44.4 Å². The Bertz CT molecular complexity index is 695. The number of carbonyl (C=O) groups is 1. The molecule has 3 N–H and O–H groups in total. The van der Waals surface area contributed by atoms with E-state index < -0.39 is 10.0 Å². The molecule has 2 atom stereocenters. The van der Waals surface area contributed by atoms with E-state index in [4.69, 9.17) is 5.73 Å². The summed E-state index contributed by atoms with van der Waals surface area (Å²) in [5, 5.41) is 2.76. The Balaban J connectivity index is 2.27. The maximum Gasteiger partial charge on any atom is 0.243 e. The molecule has 1 aliphatic heterocycles. The summed E-state index contributed by atoms with van der Waals surface area (Å²) in [7, 11) is -3.53. The van der Waals surface area contributed by atoms with Crippen LogP contribution in [0, 0.1) is 12.8 Å². The van der Waals surface area contributed by atoms with Crippen LogP contribution in [-0.2, 0) is 14.8 Å². The maximum absolute atomic E-state index is 12.9. The zero-order chi connectivity index (χ0) is 17.9. The van der Waals surface area contributed by atoms with Crippen molar-refractivity contribution in [3.05, 3.63) is 23.8 Å². The lowest BCUT2D eigenvalue weighted by Gasteiger charge is -2.26. The average molecular weight is 353 g/mol. The third-order valence-corrected chi connectivity index (χ3v) is 6.63. The molecule has 1 amide bonds. The monoisotopic (exact) mass is 353 g/mol. The number of benzene rings is 1. The summed E-state index contributed by atoms with van der Waals surface area (Å²) in [5.41, 5.74) is 6.91. The SMILES string of the molecule is Cc1ccc(NC(=O)C(C)C(C)N)cc1S(=O)(=O)N1CCCCC1. The van der Waals surface area contributed by atoms with E-state index in [1.54, 1.807) is 39.0 Å². The summed E-state index contributed by atoms with van der Waals surface area (Å²) in [6, 6.07) is 4.72. The topological polar surface area (TPSA) is 92.5 Å². The van der Waals surface area contributed by atoms with Crippen molar-refractivity contribution in [2.24, 2.45) is 11.7 Å². The van der Waals surface area contributed by atoms with Crippen molar-refractivity contribution in [2.45, 2.75) is 51.0 Å². The highest BCUT2D eigenvalue weighted by molar-refractivity contribution is 7.89. The van der Waals surface area contributed by atoms with Crippen molar-refractivity contribution in [3.63, 3.8) is 0 Å². The van der Waals surface area contributed by atoms with Crippen LogP contribution in [0.3, 0.4) is 0 Å². The lowest BCUT2D eigenvalue weighted by Crippen LogP contribution is -2.36. The number of nitrogens with two attached hydrogens (primary N) is 1. The Morgan fingerprint density at radius 3 is 2.42 bits per heavy atom. The van der Waals surface area contributed by atoms with Crippen molar-refractivity contribution in [1.29, 1.82) is 0 Å². The minimum Gasteiger partial charge on any atom is -0.327 e. The van der Waals surface area contributed by atoms with Crippen LogP contribution in [0.1, 0.15) is 38.7 Å². The second-order valence-electron chi connectivity index (χ2n) is 6.58. The summed E-state index contributed by atoms with van der Waals surface area (Å²) in [6.45, 7) is 6.40. The highest BCUT2D eigenvalue weighted by Gasteiger charge is 2.28. The molecule has 0 aliphatic carbocycles. The molecule has 2 rings (SSSR count). The number of sulfonamides is 1. The van der Waals surface area contributed by atoms with Gasteiger partial charge in [-0.15, -0.1) is 0 Å². The quantitative estimate of drug-likeness (QED) is 0.848. The number of nitrogens with one attached hydrogen (secondary N) is 1. The zero-order valence-corrected chi connectivity index (χ0v) is 15.4. The zero-order valence-electron chi connectivity index (χ0n) is 14.6. The first kappa shape index (κ1) is 18.9. The Morgan fingerprint density at radius 2 is 1.83 bits per heavy atom. The number of hydrogen-bond donors (Lipinski definition) is 2. The van der Waals surface area contributed by atoms with E-state index in [2.05, 4.69) is 5.32 Å². The molecule has 0 aromatic heterocycles. The summed E-state index contributed by atoms with van der Waals surface area (Å²) >= 11 is 0. The van der Waals surface area contributed by atoms with Crippen LogP contribution in [-0.4, -0.2) is 37.8 Å². The molecule has 1 heterocycles. The van der Waals surface area contributed by atoms with Crippen LogP contribution in [0.2, 0.25) is 0 Å². The van der Waals surface area contributed by atoms with Crippen molar-refractivity contribution in [1.82, 2.24) is 4.31 Å². The summed E-state index contributed by atoms with van der Waals surface area (Å²) < 4.78 is 27.3. The van der Waals surface area contributed by atoms with E-state index in [9.17, 15) is 13.2 Å². The van der Waals surface area contributed by atoms with E-state index in [-0.39, 0.29) is 22.8 Å². The van der Waals surface area contributed by atoms with E-state index in [1.165, 1.54) is 4.31 Å². The third-order valence-electron chi connectivity index (χ3n) is 4.59. The van der Waals surface area contributed by atoms with E-state index >= 15 is 0 Å². The standard InChI is InChI=1S/C17H27N3O3S/c1-12-7-8-15(19-17(21)13(2)14(3)18)11-16(12)24(22,23)20-9-5-4-6-10-20/h7-8,11,13-14H,4-6,9-10,18H2,1-3H3,(H,19,21). The Kier molecular flexibility index (Phi) is 6.01. The minimum atomic E-state index is -3.53. The molecule has 24 heavy (non-hydrogen) atoms. The molecular weight excluding hydrogens is 326 g/mol. The predicted octanol–water partition coefficient (Wildman–Crippen LogP) is 2.09. The van der Waals surface area contributed by atoms with Gasteiger partial charge in [0.25, 0.3) is 0 Å². The molecule has 7 heteroatoms. The molecule has 1 fully saturated rings. The third kappa shape index (κ3) is 4.15. The van der Waals surface area contributed by atoms with Gasteiger partial charge in [0.1, 0.15) is 0 Å². The van der Waals surface area contributed by atoms with Gasteiger partial charge in [0.05, 0.1) is 10.8 Å². The molecule has 6 nitrogen and oxygen atoms in total. The molecule has 134 valence electrons. The predicted molar refractivity (Wildman–Crippen MR) is 95.2 cm³/mol. The number of hydrogen-bond acceptors (Lipinski definition) is 4. The molecule has 1 aliphatic rings. The summed E-state index contributed by atoms with van der Waals surface area (Å²) in [4.78, 5) is 12.4. The molecule has 0 radical (unpaired) electrons. The smallest absolute Gasteiger partial charge is 0.243 e. The van der Waals surface area contributed by atoms with E-state index in [0.29, 0.717) is 24.3 Å². The normalized spacial score (nSPS) is 18.8. The summed E-state index contributed by atoms with van der Waals surface area (Å²) in [5.74, 6) is -0.566. The Labute approximate surface area is 144 Å². The van der Waals surface area contributed by atoms with Crippen molar-refractivity contribution in [2.75, 3.05) is 18.4 Å². The molecular formula is C17H27N3O3S. The maximum atomic E-state index is 12.9. The van der Waals surface area contributed by atoms with Gasteiger partial charge in [-0.2, -0.15) is 4.31 Å². The van der Waals surface area contributed by atoms with Gasteiger partial charge in [-0.1, -0.05) is 19.4 Å². The largest absolute Gasteiger partial charge is 0.327 e. The molecule has 0 saturated carbocycles. The first-order chi connectivity index (χ1) is 11.2. The van der Waals surface area contributed by atoms with Gasteiger partial charge in [-0.3, -0.25) is 4.79 Å². The first-order valence-corrected chi connectivity index (χ1v) is 9.84. The van der Waals surface area contributed by atoms with Gasteiger partial charge in [0.15, 0.2) is 0 Å². The lowest BCUT2D eigenvalue weighted by molar-refractivity contribution is -0.119. The second kappa shape index (κ2) is 7.63. The molecule has 0 spiro atoms. The highest BCUT2D eigenvalue weighted by Crippen LogP contribution is 2.26. The number of rotatable bonds is 5. The van der Waals surface area contributed by atoms with Gasteiger partial charge in [0, 0.05) is 24.8 Å². The van der Waals surface area contributed by atoms with Crippen LogP contribution in [0.4, 0.5) is 5.69 Å². The van der Waals surface area contributed by atoms with Crippen LogP contribution in [0.25, 0.3) is 0 Å². The fraction of sp³-hybridized carbons (Fsp3) is 0.588. The van der Waals surface area contributed by atoms with Crippen molar-refractivity contribution < 1.29 is 13.2 Å². The number of amides is 1. The molecule has 2 unspecified atom stereocenters. The van der Waals surface area contributed by atoms with Crippen LogP contribution in [0.5, 0.6) is 0 Å². The number of carbonyl (C=O) groups excluding carboxylic acids is 1. The summed E-state index contributed by atoms with van der Waals surface area (Å²) in [6.07, 6.45) is 2.84. The number of piperidine rings is 1. The van der Waals surface area contributed by atoms with Crippen molar-refractivity contribution >= 4 is 21.6 Å².